The summed E-state index contributed by atoms with van der Waals surface area (Å²) in [5.74, 6) is 0. The van der Waals surface area contributed by atoms with Crippen LogP contribution in [0.1, 0.15) is 18.4 Å². The quantitative estimate of drug-likeness (QED) is 0.189. The van der Waals surface area contributed by atoms with Gasteiger partial charge in [-0.1, -0.05) is 0 Å². The van der Waals surface area contributed by atoms with Crippen LogP contribution >= 0.6 is 0 Å². The summed E-state index contributed by atoms with van der Waals surface area (Å²) in [5, 5.41) is 4.72. The Balaban J connectivity index is 0.00000400. The number of hydrogen-bond acceptors (Lipinski definition) is 4. The first kappa shape index (κ1) is 22.1. The van der Waals surface area contributed by atoms with E-state index in [1.165, 1.54) is 27.9 Å². The van der Waals surface area contributed by atoms with E-state index in [4.69, 9.17) is 0 Å². The van der Waals surface area contributed by atoms with Gasteiger partial charge in [0.1, 0.15) is 0 Å². The minimum Gasteiger partial charge on any atom is 1.00 e. The third-order valence-electron chi connectivity index (χ3n) is 2.35. The molecule has 0 heterocycles. The molecule has 4 nitrogen and oxygen atoms in total. The van der Waals surface area contributed by atoms with Crippen LogP contribution in [0.4, 0.5) is 0 Å². The zero-order valence-electron chi connectivity index (χ0n) is 12.2. The second kappa shape index (κ2) is 13.6. The van der Waals surface area contributed by atoms with E-state index in [0.717, 1.165) is 5.32 Å². The van der Waals surface area contributed by atoms with Gasteiger partial charge in [-0.3, -0.25) is 0 Å². The normalized spacial score (nSPS) is 11.1. The zero-order chi connectivity index (χ0) is 14.7. The Kier molecular flexibility index (Phi) is 14.3. The number of hydrogen-bond donors (Lipinski definition) is 0. The van der Waals surface area contributed by atoms with Crippen molar-refractivity contribution in [2.75, 3.05) is 6.61 Å². The number of rotatable bonds is 11. The van der Waals surface area contributed by atoms with Crippen LogP contribution in [-0.2, 0) is 19.9 Å². The molecule has 0 saturated heterocycles. The van der Waals surface area contributed by atoms with Crippen LogP contribution in [0, 0.1) is 0 Å². The molecule has 8 heteroatoms. The van der Waals surface area contributed by atoms with E-state index >= 15 is 0 Å². The van der Waals surface area contributed by atoms with Crippen molar-refractivity contribution in [3.8, 4) is 0 Å². The average molecular weight is 452 g/mol. The third kappa shape index (κ3) is 14.5. The largest absolute Gasteiger partial charge is 1.00 e. The van der Waals surface area contributed by atoms with Gasteiger partial charge in [0.2, 0.25) is 0 Å². The fraction of sp³-hybridized carbons (Fsp3) is 0.538. The molecule has 1 aromatic rings. The van der Waals surface area contributed by atoms with Crippen molar-refractivity contribution in [2.24, 2.45) is 0 Å². The van der Waals surface area contributed by atoms with Crippen molar-refractivity contribution in [3.05, 3.63) is 35.9 Å². The van der Waals surface area contributed by atoms with E-state index in [2.05, 4.69) is 28.4 Å². The summed E-state index contributed by atoms with van der Waals surface area (Å²) in [6.07, 6.45) is 1.92. The van der Waals surface area contributed by atoms with Crippen LogP contribution in [0.3, 0.4) is 0 Å². The van der Waals surface area contributed by atoms with Crippen LogP contribution < -0.4 is 29.6 Å². The Hall–Kier alpha value is 1.13. The van der Waals surface area contributed by atoms with Gasteiger partial charge in [-0.15, -0.1) is 0 Å². The SMILES string of the molecule is O=S(=O)([O-])OCCC[Se]CCC[Se]Cc1ccccc1.[Na+]. The molecule has 0 radical (unpaired) electrons. The summed E-state index contributed by atoms with van der Waals surface area (Å²) < 4.78 is 34.7. The maximum Gasteiger partial charge on any atom is 1.00 e. The van der Waals surface area contributed by atoms with Gasteiger partial charge in [-0.25, -0.2) is 0 Å². The fourth-order valence-electron chi connectivity index (χ4n) is 1.45. The minimum absolute atomic E-state index is 0. The molecule has 21 heavy (non-hydrogen) atoms. The Morgan fingerprint density at radius 1 is 1.00 bits per heavy atom. The molecule has 0 aliphatic rings. The second-order valence-electron chi connectivity index (χ2n) is 4.09. The molecule has 1 aromatic carbocycles. The number of benzene rings is 1. The Morgan fingerprint density at radius 3 is 2.29 bits per heavy atom. The van der Waals surface area contributed by atoms with Gasteiger partial charge in [-0.05, 0) is 0 Å². The molecular formula is C13H19NaO4SSe2. The van der Waals surface area contributed by atoms with E-state index in [1.807, 2.05) is 6.07 Å². The maximum atomic E-state index is 10.2. The predicted molar refractivity (Wildman–Crippen MR) is 81.0 cm³/mol. The summed E-state index contributed by atoms with van der Waals surface area (Å²) in [6, 6.07) is 10.6. The molecule has 0 atom stereocenters. The van der Waals surface area contributed by atoms with Gasteiger partial charge in [0.05, 0.1) is 0 Å². The first-order chi connectivity index (χ1) is 9.58. The first-order valence-electron chi connectivity index (χ1n) is 6.37. The van der Waals surface area contributed by atoms with E-state index in [0.29, 0.717) is 36.3 Å². The van der Waals surface area contributed by atoms with Crippen LogP contribution in [-0.4, -0.2) is 49.5 Å². The van der Waals surface area contributed by atoms with E-state index in [1.54, 1.807) is 0 Å². The summed E-state index contributed by atoms with van der Waals surface area (Å²) in [7, 11) is -4.50. The van der Waals surface area contributed by atoms with Gasteiger partial charge in [0, 0.05) is 0 Å². The summed E-state index contributed by atoms with van der Waals surface area (Å²) >= 11 is 1.22. The van der Waals surface area contributed by atoms with Crippen molar-refractivity contribution >= 4 is 40.3 Å². The standard InChI is InChI=1S/C13H20O4SSe2.Na/c14-18(15,16)17-8-4-9-19-10-5-11-20-12-13-6-2-1-3-7-13;/h1-3,6-7H,4-5,8-12H2,(H,14,15,16);/q;+1/p-1. The molecule has 0 N–H and O–H groups in total. The van der Waals surface area contributed by atoms with Gasteiger partial charge >= 0.3 is 164 Å². The third-order valence-corrected chi connectivity index (χ3v) is 7.57. The summed E-state index contributed by atoms with van der Waals surface area (Å²) in [6.45, 7) is 0.0333. The van der Waals surface area contributed by atoms with E-state index in [-0.39, 0.29) is 36.2 Å². The maximum absolute atomic E-state index is 10.2. The van der Waals surface area contributed by atoms with Crippen LogP contribution in [0.25, 0.3) is 0 Å². The van der Waals surface area contributed by atoms with Gasteiger partial charge in [0.25, 0.3) is 0 Å². The molecule has 0 aromatic heterocycles. The monoisotopic (exact) mass is 454 g/mol. The minimum atomic E-state index is -4.50. The van der Waals surface area contributed by atoms with Gasteiger partial charge in [0.15, 0.2) is 0 Å². The first-order valence-corrected chi connectivity index (χ1v) is 12.6. The molecule has 0 aliphatic carbocycles. The van der Waals surface area contributed by atoms with Crippen molar-refractivity contribution < 1.29 is 46.7 Å². The Morgan fingerprint density at radius 2 is 1.62 bits per heavy atom. The molecular weight excluding hydrogens is 433 g/mol. The Labute approximate surface area is 162 Å². The van der Waals surface area contributed by atoms with Gasteiger partial charge < -0.3 is 0 Å². The van der Waals surface area contributed by atoms with Crippen LogP contribution in [0.5, 0.6) is 0 Å². The van der Waals surface area contributed by atoms with Crippen LogP contribution in [0.15, 0.2) is 30.3 Å². The second-order valence-corrected chi connectivity index (χ2v) is 10.0. The molecule has 0 unspecified atom stereocenters. The molecule has 114 valence electrons. The van der Waals surface area contributed by atoms with Crippen LogP contribution in [0.2, 0.25) is 16.0 Å². The summed E-state index contributed by atoms with van der Waals surface area (Å²) in [4.78, 5) is 0. The molecule has 1 rings (SSSR count). The molecule has 0 spiro atoms. The molecule has 0 aliphatic heterocycles. The predicted octanol–water partition coefficient (Wildman–Crippen LogP) is -0.889. The average Bonchev–Trinajstić information content (AvgIpc) is 2.41. The fourth-order valence-corrected chi connectivity index (χ4v) is 6.47. The molecule has 0 amide bonds. The van der Waals surface area contributed by atoms with Crippen molar-refractivity contribution in [3.63, 3.8) is 0 Å². The zero-order valence-corrected chi connectivity index (χ0v) is 18.4. The topological polar surface area (TPSA) is 66.4 Å². The molecule has 0 saturated carbocycles. The van der Waals surface area contributed by atoms with E-state index < -0.39 is 10.4 Å². The molecule has 0 fully saturated rings. The molecule has 0 bridgehead atoms. The van der Waals surface area contributed by atoms with Crippen molar-refractivity contribution in [2.45, 2.75) is 34.1 Å². The smallest absolute Gasteiger partial charge is 1.00 e. The summed E-state index contributed by atoms with van der Waals surface area (Å²) in [5.41, 5.74) is 1.42. The van der Waals surface area contributed by atoms with E-state index in [9.17, 15) is 13.0 Å². The van der Waals surface area contributed by atoms with Crippen molar-refractivity contribution in [1.82, 2.24) is 0 Å². The van der Waals surface area contributed by atoms with Gasteiger partial charge in [-0.2, -0.15) is 0 Å². The van der Waals surface area contributed by atoms with Crippen molar-refractivity contribution in [1.29, 1.82) is 0 Å². The Bertz CT molecular complexity index is 456.